The molecule has 0 radical (unpaired) electrons. The van der Waals surface area contributed by atoms with E-state index in [4.69, 9.17) is 0 Å². The van der Waals surface area contributed by atoms with Crippen LogP contribution < -0.4 is 5.32 Å². The number of rotatable bonds is 3. The van der Waals surface area contributed by atoms with Gasteiger partial charge in [0.1, 0.15) is 0 Å². The number of hydrogen-bond acceptors (Lipinski definition) is 3. The summed E-state index contributed by atoms with van der Waals surface area (Å²) in [4.78, 5) is 14.4. The van der Waals surface area contributed by atoms with E-state index in [9.17, 15) is 4.79 Å². The normalized spacial score (nSPS) is 16.1. The van der Waals surface area contributed by atoms with Crippen LogP contribution in [0.2, 0.25) is 0 Å². The minimum absolute atomic E-state index is 0.0757. The summed E-state index contributed by atoms with van der Waals surface area (Å²) in [6, 6.07) is 10.4. The Balaban J connectivity index is 1.70. The van der Waals surface area contributed by atoms with Crippen molar-refractivity contribution in [3.05, 3.63) is 48.3 Å². The summed E-state index contributed by atoms with van der Waals surface area (Å²) < 4.78 is 1.74. The van der Waals surface area contributed by atoms with Crippen LogP contribution in [0.15, 0.2) is 42.7 Å². The van der Waals surface area contributed by atoms with E-state index in [-0.39, 0.29) is 5.91 Å². The molecule has 1 aliphatic rings. The maximum absolute atomic E-state index is 12.5. The van der Waals surface area contributed by atoms with Crippen molar-refractivity contribution in [3.8, 4) is 5.69 Å². The van der Waals surface area contributed by atoms with Crippen LogP contribution in [0.4, 0.5) is 0 Å². The third kappa shape index (κ3) is 2.97. The molecule has 1 fully saturated rings. The van der Waals surface area contributed by atoms with Crippen molar-refractivity contribution in [1.82, 2.24) is 20.0 Å². The maximum Gasteiger partial charge on any atom is 0.257 e. The van der Waals surface area contributed by atoms with Gasteiger partial charge in [0.05, 0.1) is 17.4 Å². The van der Waals surface area contributed by atoms with Gasteiger partial charge in [0.25, 0.3) is 5.91 Å². The lowest BCUT2D eigenvalue weighted by atomic mass is 10.0. The lowest BCUT2D eigenvalue weighted by Gasteiger charge is -2.31. The third-order valence-electron chi connectivity index (χ3n) is 4.04. The smallest absolute Gasteiger partial charge is 0.257 e. The fourth-order valence-corrected chi connectivity index (χ4v) is 2.71. The summed E-state index contributed by atoms with van der Waals surface area (Å²) in [6.45, 7) is 1.61. The van der Waals surface area contributed by atoms with Crippen molar-refractivity contribution < 1.29 is 4.79 Å². The van der Waals surface area contributed by atoms with Gasteiger partial charge in [-0.25, -0.2) is 4.68 Å². The van der Waals surface area contributed by atoms with Gasteiger partial charge in [0.15, 0.2) is 0 Å². The first kappa shape index (κ1) is 13.8. The number of likely N-dealkylation sites (tertiary alicyclic amines) is 1. The minimum atomic E-state index is 0.0757. The molecule has 0 saturated carbocycles. The Morgan fingerprint density at radius 3 is 2.62 bits per heavy atom. The number of benzene rings is 1. The molecule has 5 heteroatoms. The fraction of sp³-hybridized carbons (Fsp3) is 0.375. The molecular weight excluding hydrogens is 264 g/mol. The molecule has 0 bridgehead atoms. The second-order valence-electron chi connectivity index (χ2n) is 5.36. The first-order chi connectivity index (χ1) is 10.3. The van der Waals surface area contributed by atoms with Crippen LogP contribution in [0.25, 0.3) is 5.69 Å². The van der Waals surface area contributed by atoms with Gasteiger partial charge >= 0.3 is 0 Å². The summed E-state index contributed by atoms with van der Waals surface area (Å²) in [5.74, 6) is 0.0757. The highest BCUT2D eigenvalue weighted by Gasteiger charge is 2.23. The minimum Gasteiger partial charge on any atom is -0.338 e. The van der Waals surface area contributed by atoms with E-state index in [0.29, 0.717) is 11.6 Å². The molecule has 5 nitrogen and oxygen atoms in total. The number of carbonyl (C=O) groups excluding carboxylic acids is 1. The van der Waals surface area contributed by atoms with E-state index < -0.39 is 0 Å². The van der Waals surface area contributed by atoms with Crippen LogP contribution in [-0.4, -0.2) is 46.8 Å². The molecule has 1 saturated heterocycles. The van der Waals surface area contributed by atoms with Crippen molar-refractivity contribution in [1.29, 1.82) is 0 Å². The number of carbonyl (C=O) groups is 1. The Morgan fingerprint density at radius 2 is 1.95 bits per heavy atom. The second kappa shape index (κ2) is 6.10. The zero-order valence-electron chi connectivity index (χ0n) is 12.2. The predicted molar refractivity (Wildman–Crippen MR) is 81.5 cm³/mol. The van der Waals surface area contributed by atoms with Crippen molar-refractivity contribution in [2.75, 3.05) is 20.1 Å². The summed E-state index contributed by atoms with van der Waals surface area (Å²) in [7, 11) is 1.98. The van der Waals surface area contributed by atoms with Crippen LogP contribution in [0, 0.1) is 0 Å². The molecule has 21 heavy (non-hydrogen) atoms. The van der Waals surface area contributed by atoms with Crippen LogP contribution in [0.1, 0.15) is 23.2 Å². The van der Waals surface area contributed by atoms with Gasteiger partial charge in [0.2, 0.25) is 0 Å². The highest BCUT2D eigenvalue weighted by Crippen LogP contribution is 2.14. The van der Waals surface area contributed by atoms with Gasteiger partial charge in [-0.15, -0.1) is 0 Å². The number of hydrogen-bond donors (Lipinski definition) is 1. The number of aromatic nitrogens is 2. The fourth-order valence-electron chi connectivity index (χ4n) is 2.71. The predicted octanol–water partition coefficient (Wildman–Crippen LogP) is 1.70. The van der Waals surface area contributed by atoms with Crippen molar-refractivity contribution in [3.63, 3.8) is 0 Å². The third-order valence-corrected chi connectivity index (χ3v) is 4.04. The molecular formula is C16H20N4O. The molecule has 1 aliphatic heterocycles. The summed E-state index contributed by atoms with van der Waals surface area (Å²) in [5, 5.41) is 7.56. The van der Waals surface area contributed by atoms with Gasteiger partial charge in [-0.05, 0) is 32.0 Å². The largest absolute Gasteiger partial charge is 0.338 e. The van der Waals surface area contributed by atoms with Gasteiger partial charge < -0.3 is 10.2 Å². The Bertz CT molecular complexity index is 600. The average molecular weight is 284 g/mol. The molecule has 0 atom stereocenters. The number of nitrogens with one attached hydrogen (secondary N) is 1. The molecule has 3 rings (SSSR count). The van der Waals surface area contributed by atoms with Gasteiger partial charge in [-0.3, -0.25) is 4.79 Å². The zero-order chi connectivity index (χ0) is 14.7. The summed E-state index contributed by atoms with van der Waals surface area (Å²) in [6.07, 6.45) is 5.48. The Labute approximate surface area is 124 Å². The first-order valence-electron chi connectivity index (χ1n) is 7.34. The van der Waals surface area contributed by atoms with E-state index in [1.165, 1.54) is 0 Å². The standard InChI is InChI=1S/C16H20N4O/c1-17-14-7-9-19(10-8-14)16(21)13-11-18-20(12-13)15-5-3-2-4-6-15/h2-6,11-12,14,17H,7-10H2,1H3. The van der Waals surface area contributed by atoms with E-state index >= 15 is 0 Å². The van der Waals surface area contributed by atoms with Crippen molar-refractivity contribution in [2.24, 2.45) is 0 Å². The zero-order valence-corrected chi connectivity index (χ0v) is 12.2. The number of para-hydroxylation sites is 1. The number of piperidine rings is 1. The van der Waals surface area contributed by atoms with Crippen LogP contribution in [-0.2, 0) is 0 Å². The Kier molecular flexibility index (Phi) is 4.01. The monoisotopic (exact) mass is 284 g/mol. The van der Waals surface area contributed by atoms with E-state index in [0.717, 1.165) is 31.6 Å². The first-order valence-corrected chi connectivity index (χ1v) is 7.34. The van der Waals surface area contributed by atoms with Crippen LogP contribution in [0.5, 0.6) is 0 Å². The van der Waals surface area contributed by atoms with E-state index in [1.54, 1.807) is 10.9 Å². The number of nitrogens with zero attached hydrogens (tertiary/aromatic N) is 3. The quantitative estimate of drug-likeness (QED) is 0.933. The Morgan fingerprint density at radius 1 is 1.24 bits per heavy atom. The molecule has 0 unspecified atom stereocenters. The average Bonchev–Trinajstić information content (AvgIpc) is 3.05. The molecule has 2 aromatic rings. The van der Waals surface area contributed by atoms with Crippen molar-refractivity contribution >= 4 is 5.91 Å². The molecule has 0 aliphatic carbocycles. The molecule has 1 aromatic heterocycles. The maximum atomic E-state index is 12.5. The SMILES string of the molecule is CNC1CCN(C(=O)c2cnn(-c3ccccc3)c2)CC1. The lowest BCUT2D eigenvalue weighted by molar-refractivity contribution is 0.0707. The van der Waals surface area contributed by atoms with E-state index in [2.05, 4.69) is 10.4 Å². The molecule has 2 heterocycles. The number of amides is 1. The van der Waals surface area contributed by atoms with Crippen LogP contribution >= 0.6 is 0 Å². The topological polar surface area (TPSA) is 50.2 Å². The van der Waals surface area contributed by atoms with Gasteiger partial charge in [-0.1, -0.05) is 18.2 Å². The van der Waals surface area contributed by atoms with Gasteiger partial charge in [-0.2, -0.15) is 5.10 Å². The summed E-state index contributed by atoms with van der Waals surface area (Å²) >= 11 is 0. The molecule has 110 valence electrons. The molecule has 1 N–H and O–H groups in total. The molecule has 0 spiro atoms. The highest BCUT2D eigenvalue weighted by atomic mass is 16.2. The molecule has 1 amide bonds. The van der Waals surface area contributed by atoms with Crippen molar-refractivity contribution in [2.45, 2.75) is 18.9 Å². The Hall–Kier alpha value is -2.14. The lowest BCUT2D eigenvalue weighted by Crippen LogP contribution is -2.43. The van der Waals surface area contributed by atoms with E-state index in [1.807, 2.05) is 48.5 Å². The van der Waals surface area contributed by atoms with Crippen LogP contribution in [0.3, 0.4) is 0 Å². The highest BCUT2D eigenvalue weighted by molar-refractivity contribution is 5.93. The molecule has 1 aromatic carbocycles. The van der Waals surface area contributed by atoms with Gasteiger partial charge in [0, 0.05) is 25.3 Å². The summed E-state index contributed by atoms with van der Waals surface area (Å²) in [5.41, 5.74) is 1.62. The second-order valence-corrected chi connectivity index (χ2v) is 5.36.